The molecule has 0 aliphatic carbocycles. The van der Waals surface area contributed by atoms with Crippen molar-refractivity contribution in [3.8, 4) is 0 Å². The first kappa shape index (κ1) is 22.2. The third-order valence-electron chi connectivity index (χ3n) is 5.51. The molecule has 0 saturated heterocycles. The van der Waals surface area contributed by atoms with Crippen molar-refractivity contribution in [1.29, 1.82) is 0 Å². The largest absolute Gasteiger partial charge is 0.354 e. The molecule has 4 aromatic carbocycles. The quantitative estimate of drug-likeness (QED) is 0.230. The summed E-state index contributed by atoms with van der Waals surface area (Å²) in [7, 11) is 5.36. The third-order valence-corrected chi connectivity index (χ3v) is 5.51. The van der Waals surface area contributed by atoms with Crippen molar-refractivity contribution >= 4 is 57.9 Å². The van der Waals surface area contributed by atoms with Gasteiger partial charge in [-0.1, -0.05) is 72.2 Å². The molecule has 0 bridgehead atoms. The number of pyridine rings is 2. The van der Waals surface area contributed by atoms with Crippen molar-refractivity contribution in [1.82, 2.24) is 9.97 Å². The van der Waals surface area contributed by atoms with E-state index in [0.717, 1.165) is 50.0 Å². The number of hydrogen-bond acceptors (Lipinski definition) is 4. The number of nitrogens with zero attached hydrogens (tertiary/aromatic N) is 2. The van der Waals surface area contributed by atoms with Gasteiger partial charge in [0.25, 0.3) is 0 Å². The van der Waals surface area contributed by atoms with Crippen LogP contribution in [0.1, 0.15) is 0 Å². The molecular formula is C30H23BN4. The van der Waals surface area contributed by atoms with Crippen molar-refractivity contribution in [2.45, 2.75) is 0 Å². The molecule has 2 aromatic heterocycles. The van der Waals surface area contributed by atoms with E-state index in [9.17, 15) is 0 Å². The van der Waals surface area contributed by atoms with Crippen molar-refractivity contribution in [3.63, 3.8) is 0 Å². The Morgan fingerprint density at radius 2 is 1.11 bits per heavy atom. The van der Waals surface area contributed by atoms with Crippen LogP contribution >= 0.6 is 0 Å². The predicted molar refractivity (Wildman–Crippen MR) is 148 cm³/mol. The SMILES string of the molecule is [B]c1ccccc1.c1ccc(Nc2ccccc2Nc2cc3cccnc3c3ncccc23)cc1. The summed E-state index contributed by atoms with van der Waals surface area (Å²) in [4.78, 5) is 9.11. The van der Waals surface area contributed by atoms with E-state index in [1.807, 2.05) is 85.2 Å². The van der Waals surface area contributed by atoms with Crippen LogP contribution in [0, 0.1) is 0 Å². The van der Waals surface area contributed by atoms with Crippen LogP contribution in [-0.2, 0) is 0 Å². The van der Waals surface area contributed by atoms with Gasteiger partial charge in [-0.25, -0.2) is 0 Å². The number of aromatic nitrogens is 2. The molecule has 2 radical (unpaired) electrons. The standard InChI is InChI=1S/C24H18N4.C6H5B/c1-2-9-18(10-3-1)27-20-12-4-5-13-21(20)28-22-16-17-8-6-14-25-23(17)24-19(22)11-7-15-26-24;7-6-4-2-1-3-5-6/h1-16,27-28H;1-5H. The maximum absolute atomic E-state index is 5.36. The molecule has 6 rings (SSSR count). The fourth-order valence-corrected chi connectivity index (χ4v) is 3.86. The Balaban J connectivity index is 0.000000313. The molecule has 0 spiro atoms. The Kier molecular flexibility index (Phi) is 6.67. The Hall–Kier alpha value is -4.64. The van der Waals surface area contributed by atoms with Gasteiger partial charge in [0.1, 0.15) is 7.85 Å². The molecule has 5 heteroatoms. The molecule has 4 nitrogen and oxygen atoms in total. The smallest absolute Gasteiger partial charge is 0.113 e. The van der Waals surface area contributed by atoms with Crippen LogP contribution in [0.25, 0.3) is 21.8 Å². The molecule has 166 valence electrons. The summed E-state index contributed by atoms with van der Waals surface area (Å²) < 4.78 is 0. The van der Waals surface area contributed by atoms with Gasteiger partial charge in [0.2, 0.25) is 0 Å². The number of benzene rings is 4. The van der Waals surface area contributed by atoms with E-state index in [4.69, 9.17) is 7.85 Å². The second-order valence-electron chi connectivity index (χ2n) is 7.97. The number of nitrogens with one attached hydrogen (secondary N) is 2. The zero-order valence-corrected chi connectivity index (χ0v) is 19.1. The molecule has 0 fully saturated rings. The first-order chi connectivity index (χ1) is 17.3. The van der Waals surface area contributed by atoms with Crippen molar-refractivity contribution < 1.29 is 0 Å². The van der Waals surface area contributed by atoms with Crippen LogP contribution in [0.3, 0.4) is 0 Å². The lowest BCUT2D eigenvalue weighted by molar-refractivity contribution is 1.37. The highest BCUT2D eigenvalue weighted by molar-refractivity contribution is 6.32. The topological polar surface area (TPSA) is 49.8 Å². The van der Waals surface area contributed by atoms with Gasteiger partial charge in [-0.2, -0.15) is 0 Å². The lowest BCUT2D eigenvalue weighted by atomic mass is 9.97. The number of anilines is 4. The third kappa shape index (κ3) is 5.31. The second-order valence-corrected chi connectivity index (χ2v) is 7.97. The summed E-state index contributed by atoms with van der Waals surface area (Å²) in [6.07, 6.45) is 3.62. The first-order valence-electron chi connectivity index (χ1n) is 11.4. The van der Waals surface area contributed by atoms with Crippen molar-refractivity contribution in [3.05, 3.63) is 128 Å². The second kappa shape index (κ2) is 10.5. The van der Waals surface area contributed by atoms with Crippen molar-refractivity contribution in [2.24, 2.45) is 0 Å². The fourth-order valence-electron chi connectivity index (χ4n) is 3.86. The van der Waals surface area contributed by atoms with Crippen LogP contribution in [0.2, 0.25) is 0 Å². The van der Waals surface area contributed by atoms with E-state index < -0.39 is 0 Å². The highest BCUT2D eigenvalue weighted by Gasteiger charge is 2.10. The Morgan fingerprint density at radius 1 is 0.514 bits per heavy atom. The van der Waals surface area contributed by atoms with Crippen LogP contribution in [0.15, 0.2) is 128 Å². The van der Waals surface area contributed by atoms with E-state index in [1.165, 1.54) is 0 Å². The first-order valence-corrected chi connectivity index (χ1v) is 11.4. The van der Waals surface area contributed by atoms with Gasteiger partial charge in [-0.15, -0.1) is 0 Å². The molecule has 6 aromatic rings. The zero-order chi connectivity index (χ0) is 23.9. The van der Waals surface area contributed by atoms with E-state index in [-0.39, 0.29) is 0 Å². The lowest BCUT2D eigenvalue weighted by Crippen LogP contribution is -1.98. The molecule has 2 N–H and O–H groups in total. The van der Waals surface area contributed by atoms with Crippen LogP contribution in [0.5, 0.6) is 0 Å². The minimum Gasteiger partial charge on any atom is -0.354 e. The summed E-state index contributed by atoms with van der Waals surface area (Å²) >= 11 is 0. The van der Waals surface area contributed by atoms with E-state index >= 15 is 0 Å². The molecule has 0 unspecified atom stereocenters. The number of rotatable bonds is 4. The van der Waals surface area contributed by atoms with Gasteiger partial charge >= 0.3 is 0 Å². The maximum Gasteiger partial charge on any atom is 0.113 e. The molecule has 0 aliphatic heterocycles. The average molecular weight is 450 g/mol. The predicted octanol–water partition coefficient (Wildman–Crippen LogP) is 6.75. The van der Waals surface area contributed by atoms with Gasteiger partial charge < -0.3 is 10.6 Å². The zero-order valence-electron chi connectivity index (χ0n) is 19.1. The molecule has 0 atom stereocenters. The Morgan fingerprint density at radius 3 is 1.80 bits per heavy atom. The van der Waals surface area contributed by atoms with E-state index in [2.05, 4.69) is 63.1 Å². The summed E-state index contributed by atoms with van der Waals surface area (Å²) in [5.74, 6) is 0. The summed E-state index contributed by atoms with van der Waals surface area (Å²) in [6, 6.07) is 38.0. The average Bonchev–Trinajstić information content (AvgIpc) is 2.91. The number of para-hydroxylation sites is 3. The molecule has 0 saturated carbocycles. The van der Waals surface area contributed by atoms with Gasteiger partial charge in [0, 0.05) is 34.5 Å². The summed E-state index contributed by atoms with van der Waals surface area (Å²) in [5, 5.41) is 9.19. The highest BCUT2D eigenvalue weighted by atomic mass is 15.0. The summed E-state index contributed by atoms with van der Waals surface area (Å²) in [6.45, 7) is 0. The molecular weight excluding hydrogens is 427 g/mol. The number of hydrogen-bond donors (Lipinski definition) is 2. The maximum atomic E-state index is 5.36. The van der Waals surface area contributed by atoms with E-state index in [1.54, 1.807) is 0 Å². The van der Waals surface area contributed by atoms with Crippen LogP contribution in [0.4, 0.5) is 22.7 Å². The molecule has 0 aliphatic rings. The van der Waals surface area contributed by atoms with E-state index in [0.29, 0.717) is 0 Å². The Bertz CT molecular complexity index is 1550. The monoisotopic (exact) mass is 450 g/mol. The molecule has 2 heterocycles. The normalized spacial score (nSPS) is 10.4. The molecule has 0 amide bonds. The Labute approximate surface area is 206 Å². The number of fused-ring (bicyclic) bond motifs is 3. The summed E-state index contributed by atoms with van der Waals surface area (Å²) in [5.41, 5.74) is 6.70. The van der Waals surface area contributed by atoms with Gasteiger partial charge in [0.15, 0.2) is 0 Å². The van der Waals surface area contributed by atoms with Gasteiger partial charge in [0.05, 0.1) is 22.4 Å². The van der Waals surface area contributed by atoms with Crippen molar-refractivity contribution in [2.75, 3.05) is 10.6 Å². The lowest BCUT2D eigenvalue weighted by Gasteiger charge is -2.16. The minimum absolute atomic E-state index is 0.822. The van der Waals surface area contributed by atoms with Gasteiger partial charge in [-0.05, 0) is 48.5 Å². The molecule has 35 heavy (non-hydrogen) atoms. The van der Waals surface area contributed by atoms with Crippen LogP contribution in [-0.4, -0.2) is 17.8 Å². The van der Waals surface area contributed by atoms with Gasteiger partial charge in [-0.3, -0.25) is 9.97 Å². The van der Waals surface area contributed by atoms with Crippen LogP contribution < -0.4 is 16.1 Å². The fraction of sp³-hybridized carbons (Fsp3) is 0. The highest BCUT2D eigenvalue weighted by Crippen LogP contribution is 2.34. The minimum atomic E-state index is 0.822.